The molecule has 3 atom stereocenters. The molecule has 2 aliphatic heterocycles. The third-order valence-electron chi connectivity index (χ3n) is 4.54. The highest BCUT2D eigenvalue weighted by molar-refractivity contribution is 7.99. The second-order valence-corrected chi connectivity index (χ2v) is 6.95. The number of aryl methyl sites for hydroxylation is 1. The second-order valence-electron chi connectivity index (χ2n) is 5.84. The highest BCUT2D eigenvalue weighted by Gasteiger charge is 2.42. The molecule has 3 unspecified atom stereocenters. The number of aromatic nitrogens is 1. The number of hydrogen-bond acceptors (Lipinski definition) is 4. The summed E-state index contributed by atoms with van der Waals surface area (Å²) >= 11 is 2.01. The first-order valence-corrected chi connectivity index (χ1v) is 8.23. The largest absolute Gasteiger partial charge is 0.374 e. The van der Waals surface area contributed by atoms with Crippen molar-refractivity contribution in [2.75, 3.05) is 18.1 Å². The molecule has 0 bridgehead atoms. The van der Waals surface area contributed by atoms with Gasteiger partial charge >= 0.3 is 0 Å². The maximum absolute atomic E-state index is 6.52. The fraction of sp³-hybridized carbons (Fsp3) is 0.667. The van der Waals surface area contributed by atoms with Gasteiger partial charge in [0.25, 0.3) is 0 Å². The van der Waals surface area contributed by atoms with Gasteiger partial charge in [0, 0.05) is 30.8 Å². The van der Waals surface area contributed by atoms with Gasteiger partial charge in [0.05, 0.1) is 5.60 Å². The van der Waals surface area contributed by atoms with Crippen LogP contribution in [0.1, 0.15) is 36.4 Å². The summed E-state index contributed by atoms with van der Waals surface area (Å²) in [5.74, 6) is 2.89. The number of nitrogens with zero attached hydrogens (tertiary/aromatic N) is 1. The Kier molecular flexibility index (Phi) is 3.83. The Balaban J connectivity index is 1.76. The van der Waals surface area contributed by atoms with E-state index in [1.807, 2.05) is 24.2 Å². The molecule has 2 saturated heterocycles. The number of hydrogen-bond donors (Lipinski definition) is 1. The summed E-state index contributed by atoms with van der Waals surface area (Å²) in [5.41, 5.74) is 9.09. The van der Waals surface area contributed by atoms with Crippen LogP contribution in [0.25, 0.3) is 0 Å². The van der Waals surface area contributed by atoms with Crippen LogP contribution >= 0.6 is 11.8 Å². The fourth-order valence-electron chi connectivity index (χ4n) is 3.31. The second kappa shape index (κ2) is 5.43. The zero-order chi connectivity index (χ0) is 13.3. The molecule has 3 rings (SSSR count). The van der Waals surface area contributed by atoms with Crippen molar-refractivity contribution in [3.8, 4) is 0 Å². The van der Waals surface area contributed by atoms with E-state index in [9.17, 15) is 0 Å². The molecule has 2 N–H and O–H groups in total. The molecule has 0 saturated carbocycles. The smallest absolute Gasteiger partial charge is 0.0783 e. The van der Waals surface area contributed by atoms with Crippen LogP contribution < -0.4 is 5.73 Å². The minimum Gasteiger partial charge on any atom is -0.374 e. The first-order chi connectivity index (χ1) is 9.20. The quantitative estimate of drug-likeness (QED) is 0.903. The predicted octanol–water partition coefficient (Wildman–Crippen LogP) is 2.69. The topological polar surface area (TPSA) is 48.1 Å². The SMILES string of the molecule is Cc1ccncc1C(N)C1CCOC2(CCSC2)C1. The van der Waals surface area contributed by atoms with E-state index in [4.69, 9.17) is 10.5 Å². The first kappa shape index (κ1) is 13.4. The van der Waals surface area contributed by atoms with Crippen LogP contribution in [0.4, 0.5) is 0 Å². The van der Waals surface area contributed by atoms with Gasteiger partial charge in [-0.2, -0.15) is 11.8 Å². The third kappa shape index (κ3) is 2.67. The van der Waals surface area contributed by atoms with E-state index < -0.39 is 0 Å². The minimum absolute atomic E-state index is 0.0973. The highest BCUT2D eigenvalue weighted by atomic mass is 32.2. The van der Waals surface area contributed by atoms with E-state index in [0.29, 0.717) is 5.92 Å². The summed E-state index contributed by atoms with van der Waals surface area (Å²) in [6, 6.07) is 2.15. The van der Waals surface area contributed by atoms with Gasteiger partial charge < -0.3 is 10.5 Å². The molecule has 2 fully saturated rings. The van der Waals surface area contributed by atoms with Gasteiger partial charge in [0.15, 0.2) is 0 Å². The van der Waals surface area contributed by atoms with Crippen molar-refractivity contribution in [1.82, 2.24) is 4.98 Å². The zero-order valence-electron chi connectivity index (χ0n) is 11.5. The lowest BCUT2D eigenvalue weighted by molar-refractivity contribution is -0.0834. The Labute approximate surface area is 119 Å². The van der Waals surface area contributed by atoms with Gasteiger partial charge in [-0.1, -0.05) is 0 Å². The first-order valence-electron chi connectivity index (χ1n) is 7.08. The average molecular weight is 278 g/mol. The lowest BCUT2D eigenvalue weighted by atomic mass is 9.79. The Morgan fingerprint density at radius 2 is 2.47 bits per heavy atom. The molecule has 0 aromatic carbocycles. The summed E-state index contributed by atoms with van der Waals surface area (Å²) in [4.78, 5) is 4.24. The van der Waals surface area contributed by atoms with Crippen molar-refractivity contribution in [1.29, 1.82) is 0 Å². The monoisotopic (exact) mass is 278 g/mol. The van der Waals surface area contributed by atoms with E-state index in [-0.39, 0.29) is 11.6 Å². The number of ether oxygens (including phenoxy) is 1. The Morgan fingerprint density at radius 3 is 3.21 bits per heavy atom. The normalized spacial score (nSPS) is 32.6. The molecule has 0 aliphatic carbocycles. The van der Waals surface area contributed by atoms with Crippen LogP contribution in [0.15, 0.2) is 18.5 Å². The van der Waals surface area contributed by atoms with Crippen LogP contribution in [0.2, 0.25) is 0 Å². The summed E-state index contributed by atoms with van der Waals surface area (Å²) in [7, 11) is 0. The lowest BCUT2D eigenvalue weighted by Gasteiger charge is -2.40. The molecule has 3 heterocycles. The van der Waals surface area contributed by atoms with E-state index in [1.165, 1.54) is 23.3 Å². The van der Waals surface area contributed by atoms with Crippen LogP contribution in [0.3, 0.4) is 0 Å². The van der Waals surface area contributed by atoms with E-state index in [1.54, 1.807) is 0 Å². The van der Waals surface area contributed by atoms with Crippen LogP contribution in [-0.4, -0.2) is 28.7 Å². The molecular weight excluding hydrogens is 256 g/mol. The number of nitrogens with two attached hydrogens (primary N) is 1. The van der Waals surface area contributed by atoms with Crippen LogP contribution in [-0.2, 0) is 4.74 Å². The van der Waals surface area contributed by atoms with Gasteiger partial charge in [-0.05, 0) is 55.1 Å². The van der Waals surface area contributed by atoms with Crippen LogP contribution in [0, 0.1) is 12.8 Å². The van der Waals surface area contributed by atoms with Crippen molar-refractivity contribution in [3.05, 3.63) is 29.6 Å². The summed E-state index contributed by atoms with van der Waals surface area (Å²) in [5, 5.41) is 0. The average Bonchev–Trinajstić information content (AvgIpc) is 2.86. The Hall–Kier alpha value is -0.580. The molecular formula is C15H22N2OS. The van der Waals surface area contributed by atoms with Gasteiger partial charge in [-0.25, -0.2) is 0 Å². The van der Waals surface area contributed by atoms with Gasteiger partial charge in [0.1, 0.15) is 0 Å². The molecule has 2 aliphatic rings. The Morgan fingerprint density at radius 1 is 1.58 bits per heavy atom. The van der Waals surface area contributed by atoms with E-state index in [0.717, 1.165) is 25.2 Å². The molecule has 0 amide bonds. The van der Waals surface area contributed by atoms with Gasteiger partial charge in [0.2, 0.25) is 0 Å². The highest BCUT2D eigenvalue weighted by Crippen LogP contribution is 2.43. The van der Waals surface area contributed by atoms with Gasteiger partial charge in [-0.3, -0.25) is 4.98 Å². The van der Waals surface area contributed by atoms with Crippen molar-refractivity contribution >= 4 is 11.8 Å². The molecule has 19 heavy (non-hydrogen) atoms. The molecule has 1 spiro atoms. The molecule has 0 radical (unpaired) electrons. The van der Waals surface area contributed by atoms with Crippen molar-refractivity contribution in [3.63, 3.8) is 0 Å². The maximum atomic E-state index is 6.52. The standard InChI is InChI=1S/C15H22N2OS/c1-11-2-5-17-9-13(11)14(16)12-3-6-18-15(8-12)4-7-19-10-15/h2,5,9,12,14H,3-4,6-8,10,16H2,1H3. The fourth-order valence-corrected chi connectivity index (χ4v) is 4.69. The molecule has 3 nitrogen and oxygen atoms in total. The molecule has 104 valence electrons. The number of pyridine rings is 1. The van der Waals surface area contributed by atoms with E-state index >= 15 is 0 Å². The number of thioether (sulfide) groups is 1. The minimum atomic E-state index is 0.0973. The molecule has 4 heteroatoms. The predicted molar refractivity (Wildman–Crippen MR) is 79.3 cm³/mol. The van der Waals surface area contributed by atoms with E-state index in [2.05, 4.69) is 18.0 Å². The zero-order valence-corrected chi connectivity index (χ0v) is 12.3. The van der Waals surface area contributed by atoms with Crippen molar-refractivity contribution in [2.24, 2.45) is 11.7 Å². The van der Waals surface area contributed by atoms with Gasteiger partial charge in [-0.15, -0.1) is 0 Å². The summed E-state index contributed by atoms with van der Waals surface area (Å²) in [6.07, 6.45) is 7.14. The van der Waals surface area contributed by atoms with Crippen molar-refractivity contribution in [2.45, 2.75) is 37.8 Å². The third-order valence-corrected chi connectivity index (χ3v) is 5.77. The molecule has 1 aromatic rings. The molecule has 1 aromatic heterocycles. The van der Waals surface area contributed by atoms with Crippen molar-refractivity contribution < 1.29 is 4.74 Å². The Bertz CT molecular complexity index is 446. The number of rotatable bonds is 2. The lowest BCUT2D eigenvalue weighted by Crippen LogP contribution is -2.42. The van der Waals surface area contributed by atoms with Crippen LogP contribution in [0.5, 0.6) is 0 Å². The maximum Gasteiger partial charge on any atom is 0.0783 e. The summed E-state index contributed by atoms with van der Waals surface area (Å²) < 4.78 is 6.08. The summed E-state index contributed by atoms with van der Waals surface area (Å²) in [6.45, 7) is 2.98.